The highest BCUT2D eigenvalue weighted by molar-refractivity contribution is 5.83. The van der Waals surface area contributed by atoms with Gasteiger partial charge >= 0.3 is 5.97 Å². The zero-order valence-electron chi connectivity index (χ0n) is 9.73. The summed E-state index contributed by atoms with van der Waals surface area (Å²) in [5, 5.41) is 0. The van der Waals surface area contributed by atoms with Gasteiger partial charge < -0.3 is 19.9 Å². The molecule has 1 aromatic rings. The summed E-state index contributed by atoms with van der Waals surface area (Å²) in [7, 11) is 2.82. The monoisotopic (exact) mass is 238 g/mol. The number of nitrogens with zero attached hydrogens (tertiary/aromatic N) is 1. The van der Waals surface area contributed by atoms with Gasteiger partial charge in [0, 0.05) is 18.9 Å². The normalized spacial score (nSPS) is 16.1. The summed E-state index contributed by atoms with van der Waals surface area (Å²) in [6.45, 7) is 0. The number of carbonyl (C=O) groups excluding carboxylic acids is 1. The van der Waals surface area contributed by atoms with Crippen molar-refractivity contribution in [1.82, 2.24) is 4.98 Å². The number of nitrogen functional groups attached to an aromatic ring is 1. The molecule has 0 spiro atoms. The number of hydrogen-bond donors (Lipinski definition) is 1. The van der Waals surface area contributed by atoms with Crippen LogP contribution < -0.4 is 15.2 Å². The Balaban J connectivity index is 2.22. The van der Waals surface area contributed by atoms with Crippen LogP contribution >= 0.6 is 0 Å². The Bertz CT molecular complexity index is 443. The molecule has 92 valence electrons. The van der Waals surface area contributed by atoms with Crippen molar-refractivity contribution in [3.05, 3.63) is 12.3 Å². The SMILES string of the molecule is COC(=O)C1(Oc2ncc(N)cc2OC)CC1. The molecular formula is C11H14N2O4. The van der Waals surface area contributed by atoms with Gasteiger partial charge in [0.15, 0.2) is 5.75 Å². The van der Waals surface area contributed by atoms with Crippen molar-refractivity contribution in [2.24, 2.45) is 0 Å². The Hall–Kier alpha value is -1.98. The molecule has 0 aliphatic heterocycles. The average Bonchev–Trinajstić information content (AvgIpc) is 3.11. The van der Waals surface area contributed by atoms with Gasteiger partial charge in [0.2, 0.25) is 5.60 Å². The van der Waals surface area contributed by atoms with E-state index in [4.69, 9.17) is 15.2 Å². The lowest BCUT2D eigenvalue weighted by atomic mass is 10.3. The summed E-state index contributed by atoms with van der Waals surface area (Å²) >= 11 is 0. The lowest BCUT2D eigenvalue weighted by Crippen LogP contribution is -2.31. The van der Waals surface area contributed by atoms with Gasteiger partial charge in [-0.25, -0.2) is 9.78 Å². The minimum absolute atomic E-state index is 0.254. The maximum atomic E-state index is 11.5. The van der Waals surface area contributed by atoms with Gasteiger partial charge in [-0.05, 0) is 0 Å². The van der Waals surface area contributed by atoms with Crippen LogP contribution in [0.1, 0.15) is 12.8 Å². The summed E-state index contributed by atoms with van der Waals surface area (Å²) < 4.78 is 15.4. The van der Waals surface area contributed by atoms with Gasteiger partial charge in [0.25, 0.3) is 5.88 Å². The van der Waals surface area contributed by atoms with E-state index in [9.17, 15) is 4.79 Å². The van der Waals surface area contributed by atoms with E-state index in [1.807, 2.05) is 0 Å². The number of rotatable bonds is 4. The van der Waals surface area contributed by atoms with Crippen LogP contribution in [0.5, 0.6) is 11.6 Å². The van der Waals surface area contributed by atoms with Gasteiger partial charge in [-0.15, -0.1) is 0 Å². The topological polar surface area (TPSA) is 83.7 Å². The molecule has 6 nitrogen and oxygen atoms in total. The summed E-state index contributed by atoms with van der Waals surface area (Å²) in [5.41, 5.74) is 5.15. The Labute approximate surface area is 98.7 Å². The largest absolute Gasteiger partial charge is 0.491 e. The van der Waals surface area contributed by atoms with Crippen molar-refractivity contribution in [2.45, 2.75) is 18.4 Å². The fourth-order valence-corrected chi connectivity index (χ4v) is 1.50. The van der Waals surface area contributed by atoms with Crippen molar-refractivity contribution in [1.29, 1.82) is 0 Å². The lowest BCUT2D eigenvalue weighted by molar-refractivity contribution is -0.151. The van der Waals surface area contributed by atoms with Crippen LogP contribution in [0, 0.1) is 0 Å². The number of pyridine rings is 1. The third kappa shape index (κ3) is 2.11. The molecule has 2 rings (SSSR count). The number of anilines is 1. The van der Waals surface area contributed by atoms with Crippen molar-refractivity contribution in [3.8, 4) is 11.6 Å². The van der Waals surface area contributed by atoms with E-state index in [1.165, 1.54) is 20.4 Å². The first-order valence-electron chi connectivity index (χ1n) is 5.18. The molecular weight excluding hydrogens is 224 g/mol. The van der Waals surface area contributed by atoms with Gasteiger partial charge in [-0.2, -0.15) is 0 Å². The van der Waals surface area contributed by atoms with E-state index in [2.05, 4.69) is 9.72 Å². The summed E-state index contributed by atoms with van der Waals surface area (Å²) in [5.74, 6) is 0.267. The standard InChI is InChI=1S/C11H14N2O4/c1-15-8-5-7(12)6-13-9(8)17-11(3-4-11)10(14)16-2/h5-6H,3-4,12H2,1-2H3. The molecule has 1 saturated carbocycles. The van der Waals surface area contributed by atoms with Gasteiger partial charge in [-0.1, -0.05) is 0 Å². The minimum atomic E-state index is -0.898. The molecule has 0 saturated heterocycles. The molecule has 1 heterocycles. The molecule has 2 N–H and O–H groups in total. The minimum Gasteiger partial charge on any atom is -0.491 e. The predicted molar refractivity (Wildman–Crippen MR) is 59.8 cm³/mol. The summed E-state index contributed by atoms with van der Waals surface area (Å²) in [6, 6.07) is 1.59. The molecule has 0 atom stereocenters. The second-order valence-corrected chi connectivity index (χ2v) is 3.86. The van der Waals surface area contributed by atoms with Crippen molar-refractivity contribution in [3.63, 3.8) is 0 Å². The number of methoxy groups -OCH3 is 2. The zero-order chi connectivity index (χ0) is 12.5. The van der Waals surface area contributed by atoms with Crippen LogP contribution in [0.15, 0.2) is 12.3 Å². The van der Waals surface area contributed by atoms with Gasteiger partial charge in [-0.3, -0.25) is 0 Å². The summed E-state index contributed by atoms with van der Waals surface area (Å²) in [4.78, 5) is 15.5. The number of aromatic nitrogens is 1. The Kier molecular flexibility index (Phi) is 2.79. The Morgan fingerprint density at radius 2 is 2.18 bits per heavy atom. The van der Waals surface area contributed by atoms with Crippen LogP contribution in [-0.4, -0.2) is 30.8 Å². The molecule has 1 aliphatic rings. The molecule has 1 aliphatic carbocycles. The maximum absolute atomic E-state index is 11.5. The number of carbonyl (C=O) groups is 1. The van der Waals surface area contributed by atoms with Crippen molar-refractivity contribution in [2.75, 3.05) is 20.0 Å². The van der Waals surface area contributed by atoms with E-state index >= 15 is 0 Å². The fraction of sp³-hybridized carbons (Fsp3) is 0.455. The third-order valence-corrected chi connectivity index (χ3v) is 2.61. The first-order valence-corrected chi connectivity index (χ1v) is 5.18. The number of esters is 1. The number of ether oxygens (including phenoxy) is 3. The van der Waals surface area contributed by atoms with E-state index in [1.54, 1.807) is 6.07 Å². The van der Waals surface area contributed by atoms with Crippen LogP contribution in [0.4, 0.5) is 5.69 Å². The molecule has 0 radical (unpaired) electrons. The van der Waals surface area contributed by atoms with E-state index in [-0.39, 0.29) is 5.88 Å². The number of nitrogens with two attached hydrogens (primary N) is 1. The third-order valence-electron chi connectivity index (χ3n) is 2.61. The number of hydrogen-bond acceptors (Lipinski definition) is 6. The maximum Gasteiger partial charge on any atom is 0.350 e. The fourth-order valence-electron chi connectivity index (χ4n) is 1.50. The second-order valence-electron chi connectivity index (χ2n) is 3.86. The Morgan fingerprint density at radius 3 is 2.71 bits per heavy atom. The highest BCUT2D eigenvalue weighted by Crippen LogP contribution is 2.43. The quantitative estimate of drug-likeness (QED) is 0.779. The molecule has 17 heavy (non-hydrogen) atoms. The molecule has 0 amide bonds. The van der Waals surface area contributed by atoms with E-state index in [0.717, 1.165) is 0 Å². The lowest BCUT2D eigenvalue weighted by Gasteiger charge is -2.16. The van der Waals surface area contributed by atoms with Crippen molar-refractivity contribution >= 4 is 11.7 Å². The molecule has 0 aromatic carbocycles. The van der Waals surface area contributed by atoms with Crippen LogP contribution in [0.3, 0.4) is 0 Å². The molecule has 6 heteroatoms. The van der Waals surface area contributed by atoms with Gasteiger partial charge in [0.1, 0.15) is 0 Å². The van der Waals surface area contributed by atoms with E-state index < -0.39 is 11.6 Å². The zero-order valence-corrected chi connectivity index (χ0v) is 9.73. The first kappa shape index (κ1) is 11.5. The Morgan fingerprint density at radius 1 is 1.47 bits per heavy atom. The molecule has 1 aromatic heterocycles. The molecule has 0 bridgehead atoms. The van der Waals surface area contributed by atoms with Crippen LogP contribution in [-0.2, 0) is 9.53 Å². The predicted octanol–water partition coefficient (Wildman–Crippen LogP) is 0.757. The second kappa shape index (κ2) is 4.12. The highest BCUT2D eigenvalue weighted by Gasteiger charge is 2.55. The first-order chi connectivity index (χ1) is 8.11. The van der Waals surface area contributed by atoms with Gasteiger partial charge in [0.05, 0.1) is 26.1 Å². The molecule has 1 fully saturated rings. The van der Waals surface area contributed by atoms with Crippen LogP contribution in [0.25, 0.3) is 0 Å². The van der Waals surface area contributed by atoms with E-state index in [0.29, 0.717) is 24.3 Å². The summed E-state index contributed by atoms with van der Waals surface area (Å²) in [6.07, 6.45) is 2.69. The van der Waals surface area contributed by atoms with Crippen molar-refractivity contribution < 1.29 is 19.0 Å². The average molecular weight is 238 g/mol. The molecule has 0 unspecified atom stereocenters. The van der Waals surface area contributed by atoms with Crippen LogP contribution in [0.2, 0.25) is 0 Å². The highest BCUT2D eigenvalue weighted by atomic mass is 16.6. The smallest absolute Gasteiger partial charge is 0.350 e.